The van der Waals surface area contributed by atoms with Gasteiger partial charge < -0.3 is 14.8 Å². The van der Waals surface area contributed by atoms with Gasteiger partial charge in [-0.05, 0) is 46.8 Å². The number of amides is 1. The lowest BCUT2D eigenvalue weighted by Gasteiger charge is -2.19. The third-order valence-electron chi connectivity index (χ3n) is 2.20. The molecule has 1 amide bonds. The topological polar surface area (TPSA) is 60.5 Å². The highest BCUT2D eigenvalue weighted by Gasteiger charge is 2.15. The van der Waals surface area contributed by atoms with Crippen molar-refractivity contribution in [3.8, 4) is 5.75 Å². The Hall–Kier alpha value is -1.78. The Morgan fingerprint density at radius 3 is 2.58 bits per heavy atom. The first-order valence-corrected chi connectivity index (χ1v) is 6.32. The molecule has 1 heterocycles. The first-order chi connectivity index (χ1) is 8.78. The molecule has 0 aromatic carbocycles. The Morgan fingerprint density at radius 1 is 1.32 bits per heavy atom. The molecule has 19 heavy (non-hydrogen) atoms. The highest BCUT2D eigenvalue weighted by atomic mass is 16.6. The highest BCUT2D eigenvalue weighted by Crippen LogP contribution is 2.15. The van der Waals surface area contributed by atoms with Crippen LogP contribution < -0.4 is 10.1 Å². The maximum Gasteiger partial charge on any atom is 0.407 e. The number of alkyl carbamates (subject to hydrolysis) is 1. The molecule has 0 spiro atoms. The van der Waals surface area contributed by atoms with Gasteiger partial charge in [0.1, 0.15) is 18.0 Å². The summed E-state index contributed by atoms with van der Waals surface area (Å²) in [6.07, 6.45) is -0.435. The Labute approximate surface area is 114 Å². The van der Waals surface area contributed by atoms with Crippen molar-refractivity contribution < 1.29 is 14.3 Å². The minimum Gasteiger partial charge on any atom is -0.490 e. The molecule has 0 saturated heterocycles. The van der Waals surface area contributed by atoms with E-state index in [1.165, 1.54) is 0 Å². The van der Waals surface area contributed by atoms with E-state index in [4.69, 9.17) is 9.47 Å². The number of rotatable bonds is 4. The van der Waals surface area contributed by atoms with Crippen LogP contribution in [0.4, 0.5) is 4.79 Å². The lowest BCUT2D eigenvalue weighted by atomic mass is 10.2. The molecule has 0 aliphatic carbocycles. The summed E-state index contributed by atoms with van der Waals surface area (Å²) in [7, 11) is 0. The molecular formula is C14H22N2O3. The summed E-state index contributed by atoms with van der Waals surface area (Å²) in [5, 5.41) is 2.63. The molecule has 0 saturated carbocycles. The van der Waals surface area contributed by atoms with Gasteiger partial charge in [0.15, 0.2) is 0 Å². The Balaban J connectivity index is 2.29. The second-order valence-corrected chi connectivity index (χ2v) is 5.31. The number of nitrogens with zero attached hydrogens (tertiary/aromatic N) is 1. The zero-order valence-corrected chi connectivity index (χ0v) is 12.2. The first-order valence-electron chi connectivity index (χ1n) is 6.32. The van der Waals surface area contributed by atoms with Crippen LogP contribution in [0.2, 0.25) is 0 Å². The van der Waals surface area contributed by atoms with E-state index in [0.29, 0.717) is 13.2 Å². The molecule has 0 bridgehead atoms. The van der Waals surface area contributed by atoms with Crippen LogP contribution in [-0.4, -0.2) is 29.8 Å². The third-order valence-corrected chi connectivity index (χ3v) is 2.20. The largest absolute Gasteiger partial charge is 0.490 e. The fraction of sp³-hybridized carbons (Fsp3) is 0.571. The van der Waals surface area contributed by atoms with Crippen molar-refractivity contribution in [1.82, 2.24) is 10.3 Å². The van der Waals surface area contributed by atoms with Crippen LogP contribution in [0.5, 0.6) is 5.75 Å². The van der Waals surface area contributed by atoms with Crippen molar-refractivity contribution in [1.29, 1.82) is 0 Å². The second-order valence-electron chi connectivity index (χ2n) is 5.31. The van der Waals surface area contributed by atoms with E-state index in [2.05, 4.69) is 10.3 Å². The Kier molecular flexibility index (Phi) is 5.15. The molecule has 5 heteroatoms. The smallest absolute Gasteiger partial charge is 0.407 e. The van der Waals surface area contributed by atoms with Crippen molar-refractivity contribution in [2.75, 3.05) is 13.2 Å². The maximum atomic E-state index is 11.4. The van der Waals surface area contributed by atoms with Gasteiger partial charge in [-0.25, -0.2) is 4.79 Å². The van der Waals surface area contributed by atoms with Gasteiger partial charge in [0.2, 0.25) is 0 Å². The number of aromatic nitrogens is 1. The highest BCUT2D eigenvalue weighted by molar-refractivity contribution is 5.67. The van der Waals surface area contributed by atoms with Crippen LogP contribution in [0.1, 0.15) is 32.2 Å². The molecule has 5 nitrogen and oxygen atoms in total. The standard InChI is InChI=1S/C14H22N2O3/c1-10-6-7-12(11(2)16-10)18-9-8-15-13(17)19-14(3,4)5/h6-7H,8-9H2,1-5H3,(H,15,17). The fourth-order valence-corrected chi connectivity index (χ4v) is 1.45. The van der Waals surface area contributed by atoms with Gasteiger partial charge in [-0.2, -0.15) is 0 Å². The molecule has 0 aliphatic heterocycles. The van der Waals surface area contributed by atoms with E-state index in [-0.39, 0.29) is 0 Å². The Morgan fingerprint density at radius 2 is 2.00 bits per heavy atom. The summed E-state index contributed by atoms with van der Waals surface area (Å²) in [6.45, 7) is 10.1. The molecule has 0 aliphatic rings. The molecule has 1 rings (SSSR count). The summed E-state index contributed by atoms with van der Waals surface area (Å²) < 4.78 is 10.7. The maximum absolute atomic E-state index is 11.4. The zero-order chi connectivity index (χ0) is 14.5. The van der Waals surface area contributed by atoms with Crippen molar-refractivity contribution >= 4 is 6.09 Å². The fourth-order valence-electron chi connectivity index (χ4n) is 1.45. The van der Waals surface area contributed by atoms with Gasteiger partial charge in [-0.3, -0.25) is 4.98 Å². The van der Waals surface area contributed by atoms with Crippen LogP contribution in [0.25, 0.3) is 0 Å². The van der Waals surface area contributed by atoms with Gasteiger partial charge >= 0.3 is 6.09 Å². The van der Waals surface area contributed by atoms with Crippen LogP contribution in [-0.2, 0) is 4.74 Å². The number of pyridine rings is 1. The summed E-state index contributed by atoms with van der Waals surface area (Å²) >= 11 is 0. The summed E-state index contributed by atoms with van der Waals surface area (Å²) in [5.74, 6) is 0.733. The van der Waals surface area contributed by atoms with Crippen molar-refractivity contribution in [2.45, 2.75) is 40.2 Å². The molecule has 106 valence electrons. The van der Waals surface area contributed by atoms with E-state index < -0.39 is 11.7 Å². The van der Waals surface area contributed by atoms with Gasteiger partial charge in [0.25, 0.3) is 0 Å². The zero-order valence-electron chi connectivity index (χ0n) is 12.2. The van der Waals surface area contributed by atoms with E-state index in [1.807, 2.05) is 46.8 Å². The number of ether oxygens (including phenoxy) is 2. The van der Waals surface area contributed by atoms with Gasteiger partial charge in [0, 0.05) is 5.69 Å². The summed E-state index contributed by atoms with van der Waals surface area (Å²) in [5.41, 5.74) is 1.32. The molecule has 0 atom stereocenters. The number of carbonyl (C=O) groups is 1. The average molecular weight is 266 g/mol. The minimum absolute atomic E-state index is 0.380. The normalized spacial score (nSPS) is 11.0. The summed E-state index contributed by atoms with van der Waals surface area (Å²) in [4.78, 5) is 15.7. The van der Waals surface area contributed by atoms with Crippen LogP contribution in [0, 0.1) is 13.8 Å². The summed E-state index contributed by atoms with van der Waals surface area (Å²) in [6, 6.07) is 3.77. The van der Waals surface area contributed by atoms with E-state index >= 15 is 0 Å². The second kappa shape index (κ2) is 6.41. The SMILES string of the molecule is Cc1ccc(OCCNC(=O)OC(C)(C)C)c(C)n1. The quantitative estimate of drug-likeness (QED) is 0.851. The van der Waals surface area contributed by atoms with Crippen LogP contribution >= 0.6 is 0 Å². The third kappa shape index (κ3) is 6.08. The monoisotopic (exact) mass is 266 g/mol. The van der Waals surface area contributed by atoms with E-state index in [9.17, 15) is 4.79 Å². The molecule has 0 fully saturated rings. The van der Waals surface area contributed by atoms with Gasteiger partial charge in [0.05, 0.1) is 12.2 Å². The predicted molar refractivity (Wildman–Crippen MR) is 73.4 cm³/mol. The number of nitrogens with one attached hydrogen (secondary N) is 1. The Bertz CT molecular complexity index is 439. The first kappa shape index (κ1) is 15.3. The number of hydrogen-bond donors (Lipinski definition) is 1. The molecule has 1 N–H and O–H groups in total. The van der Waals surface area contributed by atoms with E-state index in [0.717, 1.165) is 17.1 Å². The lowest BCUT2D eigenvalue weighted by molar-refractivity contribution is 0.0520. The molecule has 1 aromatic rings. The van der Waals surface area contributed by atoms with Crippen molar-refractivity contribution in [3.63, 3.8) is 0 Å². The van der Waals surface area contributed by atoms with Gasteiger partial charge in [-0.1, -0.05) is 0 Å². The van der Waals surface area contributed by atoms with E-state index in [1.54, 1.807) is 0 Å². The van der Waals surface area contributed by atoms with Gasteiger partial charge in [-0.15, -0.1) is 0 Å². The van der Waals surface area contributed by atoms with Crippen molar-refractivity contribution in [2.24, 2.45) is 0 Å². The average Bonchev–Trinajstić information content (AvgIpc) is 2.24. The molecule has 0 unspecified atom stereocenters. The minimum atomic E-state index is -0.484. The lowest BCUT2D eigenvalue weighted by Crippen LogP contribution is -2.34. The molecular weight excluding hydrogens is 244 g/mol. The number of aryl methyl sites for hydroxylation is 2. The molecule has 1 aromatic heterocycles. The number of hydrogen-bond acceptors (Lipinski definition) is 4. The van der Waals surface area contributed by atoms with Crippen LogP contribution in [0.3, 0.4) is 0 Å². The number of carbonyl (C=O) groups excluding carboxylic acids is 1. The molecule has 0 radical (unpaired) electrons. The van der Waals surface area contributed by atoms with Crippen LogP contribution in [0.15, 0.2) is 12.1 Å². The predicted octanol–water partition coefficient (Wildman–Crippen LogP) is 2.60. The van der Waals surface area contributed by atoms with Crippen molar-refractivity contribution in [3.05, 3.63) is 23.5 Å².